The molecule has 0 saturated heterocycles. The maximum Gasteiger partial charge on any atom is 0.133 e. The van der Waals surface area contributed by atoms with E-state index in [0.29, 0.717) is 6.42 Å². The van der Waals surface area contributed by atoms with E-state index in [2.05, 4.69) is 0 Å². The second kappa shape index (κ2) is 4.34. The highest BCUT2D eigenvalue weighted by Gasteiger charge is 1.94. The number of carbonyl (C=O) groups excluding carboxylic acids is 1. The second-order valence-electron chi connectivity index (χ2n) is 2.48. The van der Waals surface area contributed by atoms with Crippen molar-refractivity contribution in [1.82, 2.24) is 0 Å². The maximum atomic E-state index is 10.6. The molecule has 0 saturated carbocycles. The van der Waals surface area contributed by atoms with Gasteiger partial charge in [0.2, 0.25) is 0 Å². The summed E-state index contributed by atoms with van der Waals surface area (Å²) in [4.78, 5) is 11.4. The summed E-state index contributed by atoms with van der Waals surface area (Å²) in [5, 5.41) is 0. The number of rotatable bonds is 3. The van der Waals surface area contributed by atoms with Crippen molar-refractivity contribution in [3.63, 3.8) is 0 Å². The average molecular weight is 156 g/mol. The zero-order valence-electron chi connectivity index (χ0n) is 6.60. The Labute approximate surface area is 67.1 Å². The van der Waals surface area contributed by atoms with Crippen LogP contribution in [0, 0.1) is 0 Å². The Morgan fingerprint density at radius 2 is 1.90 bits per heavy atom. The first-order chi connectivity index (χ1) is 4.52. The van der Waals surface area contributed by atoms with Crippen LogP contribution in [0.15, 0.2) is 11.6 Å². The van der Waals surface area contributed by atoms with Crippen molar-refractivity contribution in [3.05, 3.63) is 11.6 Å². The quantitative estimate of drug-likeness (QED) is 0.460. The van der Waals surface area contributed by atoms with Crippen LogP contribution in [0.25, 0.3) is 0 Å². The van der Waals surface area contributed by atoms with Gasteiger partial charge in [0, 0.05) is 11.3 Å². The molecule has 10 heavy (non-hydrogen) atoms. The molecule has 0 spiro atoms. The van der Waals surface area contributed by atoms with Gasteiger partial charge in [-0.1, -0.05) is 17.8 Å². The van der Waals surface area contributed by atoms with Crippen molar-refractivity contribution in [1.29, 1.82) is 0 Å². The molecule has 0 atom stereocenters. The Bertz CT molecular complexity index is 180. The van der Waals surface area contributed by atoms with Crippen LogP contribution in [-0.4, -0.2) is 10.6 Å². The summed E-state index contributed by atoms with van der Waals surface area (Å²) in [6.07, 6.45) is 2.38. The molecule has 0 aromatic rings. The maximum absolute atomic E-state index is 10.6. The van der Waals surface area contributed by atoms with E-state index in [0.717, 1.165) is 10.4 Å². The molecule has 0 N–H and O–H groups in total. The highest BCUT2D eigenvalue weighted by Crippen LogP contribution is 2.00. The predicted molar refractivity (Wildman–Crippen MR) is 47.3 cm³/mol. The molecule has 0 aliphatic rings. The van der Waals surface area contributed by atoms with Gasteiger partial charge < -0.3 is 0 Å². The monoisotopic (exact) mass is 156 g/mol. The molecule has 0 radical (unpaired) electrons. The lowest BCUT2D eigenvalue weighted by atomic mass is 10.1. The molecule has 0 bridgehead atoms. The third-order valence-electron chi connectivity index (χ3n) is 0.977. The van der Waals surface area contributed by atoms with E-state index in [-0.39, 0.29) is 5.78 Å². The largest absolute Gasteiger partial charge is 0.300 e. The third kappa shape index (κ3) is 5.63. The van der Waals surface area contributed by atoms with E-state index in [9.17, 15) is 4.79 Å². The summed E-state index contributed by atoms with van der Waals surface area (Å²) in [7, 11) is 0. The SMILES string of the molecule is CC(=O)C/C(C)=C/C(C)=S. The minimum absolute atomic E-state index is 0.185. The van der Waals surface area contributed by atoms with Gasteiger partial charge in [-0.3, -0.25) is 4.79 Å². The highest BCUT2D eigenvalue weighted by molar-refractivity contribution is 7.80. The van der Waals surface area contributed by atoms with Gasteiger partial charge in [0.15, 0.2) is 0 Å². The molecule has 0 fully saturated rings. The van der Waals surface area contributed by atoms with Crippen LogP contribution in [0.4, 0.5) is 0 Å². The zero-order valence-corrected chi connectivity index (χ0v) is 7.42. The van der Waals surface area contributed by atoms with Crippen molar-refractivity contribution < 1.29 is 4.79 Å². The first-order valence-corrected chi connectivity index (χ1v) is 3.60. The molecular weight excluding hydrogens is 144 g/mol. The summed E-state index contributed by atoms with van der Waals surface area (Å²) in [5.41, 5.74) is 1.04. The standard InChI is InChI=1S/C8H12OS/c1-6(4-7(2)9)5-8(3)10/h5H,4H2,1-3H3/b6-5+. The van der Waals surface area contributed by atoms with Gasteiger partial charge in [0.05, 0.1) is 0 Å². The van der Waals surface area contributed by atoms with Crippen LogP contribution in [-0.2, 0) is 4.79 Å². The van der Waals surface area contributed by atoms with Crippen LogP contribution in [0.1, 0.15) is 27.2 Å². The van der Waals surface area contributed by atoms with Crippen LogP contribution in [0.5, 0.6) is 0 Å². The summed E-state index contributed by atoms with van der Waals surface area (Å²) in [6, 6.07) is 0. The van der Waals surface area contributed by atoms with Crippen molar-refractivity contribution in [2.75, 3.05) is 0 Å². The van der Waals surface area contributed by atoms with Crippen LogP contribution >= 0.6 is 12.2 Å². The third-order valence-corrected chi connectivity index (χ3v) is 1.10. The fourth-order valence-corrected chi connectivity index (χ4v) is 0.992. The fraction of sp³-hybridized carbons (Fsp3) is 0.500. The van der Waals surface area contributed by atoms with Gasteiger partial charge in [-0.05, 0) is 26.8 Å². The fourth-order valence-electron chi connectivity index (χ4n) is 0.791. The lowest BCUT2D eigenvalue weighted by Gasteiger charge is -1.94. The Balaban J connectivity index is 3.95. The molecule has 0 aromatic carbocycles. The van der Waals surface area contributed by atoms with E-state index in [1.807, 2.05) is 19.9 Å². The van der Waals surface area contributed by atoms with Gasteiger partial charge in [-0.2, -0.15) is 0 Å². The van der Waals surface area contributed by atoms with Crippen molar-refractivity contribution in [3.8, 4) is 0 Å². The van der Waals surface area contributed by atoms with Gasteiger partial charge in [-0.25, -0.2) is 0 Å². The Hall–Kier alpha value is -0.500. The Morgan fingerprint density at radius 3 is 2.20 bits per heavy atom. The first-order valence-electron chi connectivity index (χ1n) is 3.19. The normalized spacial score (nSPS) is 11.3. The Morgan fingerprint density at radius 1 is 1.40 bits per heavy atom. The molecule has 0 rings (SSSR count). The highest BCUT2D eigenvalue weighted by atomic mass is 32.1. The first kappa shape index (κ1) is 9.50. The summed E-state index contributed by atoms with van der Waals surface area (Å²) in [5.74, 6) is 0.185. The van der Waals surface area contributed by atoms with Crippen LogP contribution in [0.3, 0.4) is 0 Å². The van der Waals surface area contributed by atoms with Gasteiger partial charge in [0.1, 0.15) is 5.78 Å². The lowest BCUT2D eigenvalue weighted by molar-refractivity contribution is -0.116. The van der Waals surface area contributed by atoms with Crippen molar-refractivity contribution in [2.45, 2.75) is 27.2 Å². The number of carbonyl (C=O) groups is 1. The van der Waals surface area contributed by atoms with Gasteiger partial charge in [-0.15, -0.1) is 0 Å². The molecule has 0 unspecified atom stereocenters. The van der Waals surface area contributed by atoms with E-state index in [4.69, 9.17) is 12.2 Å². The van der Waals surface area contributed by atoms with E-state index in [1.54, 1.807) is 6.92 Å². The van der Waals surface area contributed by atoms with Crippen LogP contribution < -0.4 is 0 Å². The molecule has 1 nitrogen and oxygen atoms in total. The number of hydrogen-bond donors (Lipinski definition) is 0. The number of hydrogen-bond acceptors (Lipinski definition) is 2. The number of Topliss-reactive ketones (excluding diaryl/α,β-unsaturated/α-hetero) is 1. The van der Waals surface area contributed by atoms with Crippen LogP contribution in [0.2, 0.25) is 0 Å². The second-order valence-corrected chi connectivity index (χ2v) is 3.12. The van der Waals surface area contributed by atoms with Crippen molar-refractivity contribution in [2.24, 2.45) is 0 Å². The zero-order chi connectivity index (χ0) is 8.15. The number of ketones is 1. The molecule has 2 heteroatoms. The lowest BCUT2D eigenvalue weighted by Crippen LogP contribution is -1.92. The molecule has 0 heterocycles. The molecular formula is C8H12OS. The molecule has 0 aromatic heterocycles. The number of thiocarbonyl (C=S) groups is 1. The topological polar surface area (TPSA) is 17.1 Å². The molecule has 56 valence electrons. The van der Waals surface area contributed by atoms with E-state index >= 15 is 0 Å². The molecule has 0 aliphatic carbocycles. The van der Waals surface area contributed by atoms with E-state index < -0.39 is 0 Å². The van der Waals surface area contributed by atoms with Crippen molar-refractivity contribution >= 4 is 22.9 Å². The molecule has 0 aliphatic heterocycles. The van der Waals surface area contributed by atoms with E-state index in [1.165, 1.54) is 0 Å². The minimum Gasteiger partial charge on any atom is -0.300 e. The minimum atomic E-state index is 0.185. The summed E-state index contributed by atoms with van der Waals surface area (Å²) in [6.45, 7) is 5.34. The summed E-state index contributed by atoms with van der Waals surface area (Å²) >= 11 is 4.84. The average Bonchev–Trinajstić information content (AvgIpc) is 1.58. The number of allylic oxidation sites excluding steroid dienone is 2. The Kier molecular flexibility index (Phi) is 4.12. The predicted octanol–water partition coefficient (Wildman–Crippen LogP) is 2.30. The van der Waals surface area contributed by atoms with Gasteiger partial charge >= 0.3 is 0 Å². The smallest absolute Gasteiger partial charge is 0.133 e. The van der Waals surface area contributed by atoms with Gasteiger partial charge in [0.25, 0.3) is 0 Å². The molecule has 0 amide bonds. The summed E-state index contributed by atoms with van der Waals surface area (Å²) < 4.78 is 0.